The number of nitrogens with zero attached hydrogens (tertiary/aromatic N) is 1. The van der Waals surface area contributed by atoms with Crippen LogP contribution in [0.1, 0.15) is 27.7 Å². The smallest absolute Gasteiger partial charge is 0.0300 e. The highest BCUT2D eigenvalue weighted by Gasteiger charge is 2.13. The van der Waals surface area contributed by atoms with Crippen LogP contribution in [0, 0.1) is 5.41 Å². The van der Waals surface area contributed by atoms with Gasteiger partial charge in [-0.25, -0.2) is 0 Å². The Morgan fingerprint density at radius 2 is 1.83 bits per heavy atom. The zero-order valence-electron chi connectivity index (χ0n) is 8.76. The third kappa shape index (κ3) is 4.06. The van der Waals surface area contributed by atoms with E-state index in [1.807, 2.05) is 37.3 Å². The van der Waals surface area contributed by atoms with Gasteiger partial charge < -0.3 is 10.6 Å². The van der Waals surface area contributed by atoms with E-state index in [1.165, 1.54) is 0 Å². The summed E-state index contributed by atoms with van der Waals surface area (Å²) in [6, 6.07) is 0. The molecule has 0 unspecified atom stereocenters. The van der Waals surface area contributed by atoms with Crippen molar-refractivity contribution in [1.29, 1.82) is 0 Å². The normalized spacial score (nSPS) is 13.9. The Balaban J connectivity index is 4.36. The van der Waals surface area contributed by atoms with Gasteiger partial charge in [0.1, 0.15) is 0 Å². The molecule has 0 rings (SSSR count). The van der Waals surface area contributed by atoms with E-state index in [2.05, 4.69) is 20.8 Å². The van der Waals surface area contributed by atoms with Gasteiger partial charge in [-0.05, 0) is 13.1 Å². The summed E-state index contributed by atoms with van der Waals surface area (Å²) in [4.78, 5) is 1.96. The number of nitrogens with two attached hydrogens (primary N) is 1. The summed E-state index contributed by atoms with van der Waals surface area (Å²) in [7, 11) is 1.97. The van der Waals surface area contributed by atoms with E-state index in [4.69, 9.17) is 5.73 Å². The quantitative estimate of drug-likeness (QED) is 0.685. The second-order valence-electron chi connectivity index (χ2n) is 3.98. The molecule has 0 aliphatic rings. The molecule has 2 nitrogen and oxygen atoms in total. The van der Waals surface area contributed by atoms with Gasteiger partial charge in [0, 0.05) is 24.4 Å². The zero-order valence-corrected chi connectivity index (χ0v) is 8.76. The number of rotatable bonds is 2. The third-order valence-corrected chi connectivity index (χ3v) is 1.59. The van der Waals surface area contributed by atoms with Crippen molar-refractivity contribution in [1.82, 2.24) is 4.90 Å². The van der Waals surface area contributed by atoms with Crippen molar-refractivity contribution in [3.63, 3.8) is 0 Å². The maximum atomic E-state index is 5.87. The lowest BCUT2D eigenvalue weighted by Crippen LogP contribution is -2.19. The Morgan fingerprint density at radius 1 is 1.33 bits per heavy atom. The molecule has 12 heavy (non-hydrogen) atoms. The van der Waals surface area contributed by atoms with E-state index in [1.54, 1.807) is 0 Å². The van der Waals surface area contributed by atoms with Crippen LogP contribution in [0.2, 0.25) is 0 Å². The van der Waals surface area contributed by atoms with Crippen LogP contribution in [0.4, 0.5) is 0 Å². The molecule has 2 heteroatoms. The van der Waals surface area contributed by atoms with Crippen LogP contribution in [0.3, 0.4) is 0 Å². The van der Waals surface area contributed by atoms with Crippen LogP contribution < -0.4 is 5.73 Å². The molecule has 0 aromatic carbocycles. The number of hydrogen-bond donors (Lipinski definition) is 1. The van der Waals surface area contributed by atoms with Crippen molar-refractivity contribution in [2.24, 2.45) is 11.1 Å². The van der Waals surface area contributed by atoms with Crippen molar-refractivity contribution in [2.45, 2.75) is 27.7 Å². The zero-order chi connectivity index (χ0) is 9.78. The molecule has 70 valence electrons. The maximum Gasteiger partial charge on any atom is 0.0300 e. The summed E-state index contributed by atoms with van der Waals surface area (Å²) in [5, 5.41) is 0. The third-order valence-electron chi connectivity index (χ3n) is 1.59. The Hall–Kier alpha value is -0.920. The standard InChI is InChI=1S/C10H20N2/c1-6-7-12(5)8-9(11)10(2,3)4/h6-8H,11H2,1-5H3/b7-6-,9-8-. The van der Waals surface area contributed by atoms with Gasteiger partial charge in [-0.15, -0.1) is 0 Å². The molecule has 0 aromatic rings. The predicted octanol–water partition coefficient (Wildman–Crippen LogP) is 2.30. The van der Waals surface area contributed by atoms with Crippen LogP contribution >= 0.6 is 0 Å². The minimum absolute atomic E-state index is 0.0514. The molecule has 0 bridgehead atoms. The lowest BCUT2D eigenvalue weighted by atomic mass is 9.93. The Labute approximate surface area is 75.7 Å². The minimum Gasteiger partial charge on any atom is -0.400 e. The summed E-state index contributed by atoms with van der Waals surface area (Å²) < 4.78 is 0. The van der Waals surface area contributed by atoms with Crippen LogP contribution in [0.15, 0.2) is 24.2 Å². The molecule has 0 saturated carbocycles. The predicted molar refractivity (Wildman–Crippen MR) is 54.3 cm³/mol. The Morgan fingerprint density at radius 3 is 2.17 bits per heavy atom. The molecule has 0 heterocycles. The van der Waals surface area contributed by atoms with Crippen molar-refractivity contribution < 1.29 is 0 Å². The van der Waals surface area contributed by atoms with E-state index >= 15 is 0 Å². The lowest BCUT2D eigenvalue weighted by Gasteiger charge is -2.21. The van der Waals surface area contributed by atoms with Crippen LogP contribution in [0.25, 0.3) is 0 Å². The van der Waals surface area contributed by atoms with E-state index in [0.717, 1.165) is 5.70 Å². The van der Waals surface area contributed by atoms with Crippen LogP contribution in [-0.4, -0.2) is 11.9 Å². The first-order valence-electron chi connectivity index (χ1n) is 4.20. The lowest BCUT2D eigenvalue weighted by molar-refractivity contribution is 0.477. The van der Waals surface area contributed by atoms with Gasteiger partial charge >= 0.3 is 0 Å². The van der Waals surface area contributed by atoms with Crippen molar-refractivity contribution in [2.75, 3.05) is 7.05 Å². The largest absolute Gasteiger partial charge is 0.400 e. The summed E-state index contributed by atoms with van der Waals surface area (Å²) >= 11 is 0. The molecule has 0 radical (unpaired) electrons. The highest BCUT2D eigenvalue weighted by molar-refractivity contribution is 5.06. The highest BCUT2D eigenvalue weighted by atomic mass is 15.1. The highest BCUT2D eigenvalue weighted by Crippen LogP contribution is 2.20. The second kappa shape index (κ2) is 4.19. The van der Waals surface area contributed by atoms with Gasteiger partial charge in [-0.1, -0.05) is 26.8 Å². The average molecular weight is 168 g/mol. The van der Waals surface area contributed by atoms with Crippen molar-refractivity contribution in [3.8, 4) is 0 Å². The fourth-order valence-electron chi connectivity index (χ4n) is 0.691. The van der Waals surface area contributed by atoms with Gasteiger partial charge in [0.05, 0.1) is 0 Å². The summed E-state index contributed by atoms with van der Waals surface area (Å²) in [6.07, 6.45) is 5.89. The molecular weight excluding hydrogens is 148 g/mol. The molecule has 0 saturated heterocycles. The monoisotopic (exact) mass is 168 g/mol. The molecule has 0 fully saturated rings. The molecule has 0 aliphatic carbocycles. The first-order chi connectivity index (χ1) is 5.38. The fourth-order valence-corrected chi connectivity index (χ4v) is 0.691. The Bertz CT molecular complexity index is 185. The second-order valence-corrected chi connectivity index (χ2v) is 3.98. The van der Waals surface area contributed by atoms with Gasteiger partial charge in [0.2, 0.25) is 0 Å². The molecule has 0 aliphatic heterocycles. The first-order valence-corrected chi connectivity index (χ1v) is 4.20. The number of hydrogen-bond acceptors (Lipinski definition) is 2. The summed E-state index contributed by atoms with van der Waals surface area (Å²) in [5.41, 5.74) is 6.81. The van der Waals surface area contributed by atoms with E-state index in [9.17, 15) is 0 Å². The maximum absolute atomic E-state index is 5.87. The van der Waals surface area contributed by atoms with E-state index < -0.39 is 0 Å². The van der Waals surface area contributed by atoms with E-state index in [-0.39, 0.29) is 5.41 Å². The fraction of sp³-hybridized carbons (Fsp3) is 0.600. The average Bonchev–Trinajstić information content (AvgIpc) is 1.85. The molecule has 0 atom stereocenters. The van der Waals surface area contributed by atoms with Crippen LogP contribution in [-0.2, 0) is 0 Å². The van der Waals surface area contributed by atoms with Crippen molar-refractivity contribution >= 4 is 0 Å². The molecule has 0 amide bonds. The molecule has 2 N–H and O–H groups in total. The summed E-state index contributed by atoms with van der Waals surface area (Å²) in [5.74, 6) is 0. The van der Waals surface area contributed by atoms with Gasteiger partial charge in [-0.2, -0.15) is 0 Å². The number of allylic oxidation sites excluding steroid dienone is 2. The van der Waals surface area contributed by atoms with Gasteiger partial charge in [0.25, 0.3) is 0 Å². The Kier molecular flexibility index (Phi) is 3.87. The minimum atomic E-state index is 0.0514. The topological polar surface area (TPSA) is 29.3 Å². The molecular formula is C10H20N2. The molecule has 0 aromatic heterocycles. The van der Waals surface area contributed by atoms with Gasteiger partial charge in [-0.3, -0.25) is 0 Å². The van der Waals surface area contributed by atoms with Gasteiger partial charge in [0.15, 0.2) is 0 Å². The van der Waals surface area contributed by atoms with Crippen molar-refractivity contribution in [3.05, 3.63) is 24.2 Å². The van der Waals surface area contributed by atoms with Crippen LogP contribution in [0.5, 0.6) is 0 Å². The van der Waals surface area contributed by atoms with E-state index in [0.29, 0.717) is 0 Å². The SMILES string of the molecule is C/C=C\N(C)/C=C(\N)C(C)(C)C. The summed E-state index contributed by atoms with van der Waals surface area (Å²) in [6.45, 7) is 8.28. The molecule has 0 spiro atoms. The first kappa shape index (κ1) is 11.1.